The number of carbonyl (C=O) groups excluding carboxylic acids is 2. The van der Waals surface area contributed by atoms with Crippen molar-refractivity contribution in [3.8, 4) is 0 Å². The molecule has 0 aliphatic rings. The van der Waals surface area contributed by atoms with E-state index in [0.717, 1.165) is 6.42 Å². The largest absolute Gasteiger partial charge is 0.449 e. The molecule has 0 aliphatic heterocycles. The summed E-state index contributed by atoms with van der Waals surface area (Å²) in [5.74, 6) is -0.533. The van der Waals surface area contributed by atoms with Crippen LogP contribution < -0.4 is 5.32 Å². The van der Waals surface area contributed by atoms with Gasteiger partial charge in [-0.15, -0.1) is 0 Å². The summed E-state index contributed by atoms with van der Waals surface area (Å²) in [6, 6.07) is 18.7. The SMILES string of the molecule is CC[C@@H](CNC(=O)[C@@H](C)OC(=O)c1ccccc1)c1ccccc1. The van der Waals surface area contributed by atoms with Crippen LogP contribution in [0.25, 0.3) is 0 Å². The number of esters is 1. The maximum absolute atomic E-state index is 12.2. The van der Waals surface area contributed by atoms with E-state index in [2.05, 4.69) is 24.4 Å². The molecule has 4 nitrogen and oxygen atoms in total. The molecule has 0 bridgehead atoms. The van der Waals surface area contributed by atoms with Gasteiger partial charge in [0.1, 0.15) is 0 Å². The van der Waals surface area contributed by atoms with Gasteiger partial charge < -0.3 is 10.1 Å². The third-order valence-corrected chi connectivity index (χ3v) is 3.95. The first kappa shape index (κ1) is 17.7. The number of rotatable bonds is 7. The maximum Gasteiger partial charge on any atom is 0.338 e. The standard InChI is InChI=1S/C20H23NO3/c1-3-16(17-10-6-4-7-11-17)14-21-19(22)15(2)24-20(23)18-12-8-5-9-13-18/h4-13,15-16H,3,14H2,1-2H3,(H,21,22)/t15-,16+/m1/s1. The van der Waals surface area contributed by atoms with Gasteiger partial charge in [-0.2, -0.15) is 0 Å². The summed E-state index contributed by atoms with van der Waals surface area (Å²) in [5.41, 5.74) is 1.63. The van der Waals surface area contributed by atoms with Gasteiger partial charge in [-0.05, 0) is 31.0 Å². The predicted molar refractivity (Wildman–Crippen MR) is 93.8 cm³/mol. The molecule has 2 rings (SSSR count). The molecule has 2 aromatic rings. The number of ether oxygens (including phenoxy) is 1. The molecular weight excluding hydrogens is 302 g/mol. The third kappa shape index (κ3) is 4.95. The predicted octanol–water partition coefficient (Wildman–Crippen LogP) is 3.54. The van der Waals surface area contributed by atoms with Crippen LogP contribution in [0.2, 0.25) is 0 Å². The summed E-state index contributed by atoms with van der Waals surface area (Å²) < 4.78 is 5.22. The van der Waals surface area contributed by atoms with Gasteiger partial charge in [-0.1, -0.05) is 55.5 Å². The minimum atomic E-state index is -0.828. The Morgan fingerprint density at radius 1 is 1.00 bits per heavy atom. The van der Waals surface area contributed by atoms with E-state index in [1.54, 1.807) is 31.2 Å². The molecule has 0 unspecified atom stereocenters. The fourth-order valence-electron chi connectivity index (χ4n) is 2.45. The number of carbonyl (C=O) groups is 2. The molecule has 126 valence electrons. The van der Waals surface area contributed by atoms with Crippen LogP contribution in [-0.2, 0) is 9.53 Å². The van der Waals surface area contributed by atoms with Crippen LogP contribution in [0.15, 0.2) is 60.7 Å². The summed E-state index contributed by atoms with van der Waals surface area (Å²) >= 11 is 0. The maximum atomic E-state index is 12.2. The molecule has 1 amide bonds. The van der Waals surface area contributed by atoms with Gasteiger partial charge in [0, 0.05) is 12.5 Å². The molecule has 0 heterocycles. The van der Waals surface area contributed by atoms with Crippen LogP contribution in [0.3, 0.4) is 0 Å². The fraction of sp³-hybridized carbons (Fsp3) is 0.300. The minimum Gasteiger partial charge on any atom is -0.449 e. The Morgan fingerprint density at radius 2 is 1.58 bits per heavy atom. The molecule has 2 aromatic carbocycles. The molecule has 0 fully saturated rings. The van der Waals surface area contributed by atoms with Crippen LogP contribution in [0.1, 0.15) is 42.1 Å². The monoisotopic (exact) mass is 325 g/mol. The molecule has 0 aromatic heterocycles. The number of amides is 1. The Morgan fingerprint density at radius 3 is 2.17 bits per heavy atom. The lowest BCUT2D eigenvalue weighted by atomic mass is 9.96. The molecule has 0 spiro atoms. The second kappa shape index (κ2) is 8.87. The summed E-state index contributed by atoms with van der Waals surface area (Å²) in [6.07, 6.45) is 0.0913. The van der Waals surface area contributed by atoms with Gasteiger partial charge in [-0.25, -0.2) is 4.79 Å². The first-order valence-electron chi connectivity index (χ1n) is 8.20. The Bertz CT molecular complexity index is 655. The van der Waals surface area contributed by atoms with Gasteiger partial charge in [0.25, 0.3) is 5.91 Å². The topological polar surface area (TPSA) is 55.4 Å². The van der Waals surface area contributed by atoms with E-state index in [4.69, 9.17) is 4.74 Å². The van der Waals surface area contributed by atoms with Crippen LogP contribution in [0.4, 0.5) is 0 Å². The van der Waals surface area contributed by atoms with E-state index in [1.807, 2.05) is 24.3 Å². The number of benzene rings is 2. The highest BCUT2D eigenvalue weighted by atomic mass is 16.5. The van der Waals surface area contributed by atoms with Crippen molar-refractivity contribution in [1.82, 2.24) is 5.32 Å². The van der Waals surface area contributed by atoms with Gasteiger partial charge in [0.2, 0.25) is 0 Å². The first-order chi connectivity index (χ1) is 11.6. The Labute approximate surface area is 142 Å². The third-order valence-electron chi connectivity index (χ3n) is 3.95. The van der Waals surface area contributed by atoms with Crippen molar-refractivity contribution in [3.05, 3.63) is 71.8 Å². The van der Waals surface area contributed by atoms with Crippen molar-refractivity contribution >= 4 is 11.9 Å². The normalized spacial score (nSPS) is 12.9. The van der Waals surface area contributed by atoms with Crippen molar-refractivity contribution in [2.45, 2.75) is 32.3 Å². The Balaban J connectivity index is 1.86. The highest BCUT2D eigenvalue weighted by Gasteiger charge is 2.19. The molecule has 24 heavy (non-hydrogen) atoms. The van der Waals surface area contributed by atoms with Crippen molar-refractivity contribution < 1.29 is 14.3 Å². The number of hydrogen-bond acceptors (Lipinski definition) is 3. The Hall–Kier alpha value is -2.62. The summed E-state index contributed by atoms with van der Waals surface area (Å²) in [4.78, 5) is 24.1. The Kier molecular flexibility index (Phi) is 6.55. The molecule has 0 aliphatic carbocycles. The van der Waals surface area contributed by atoms with Crippen LogP contribution in [-0.4, -0.2) is 24.5 Å². The van der Waals surface area contributed by atoms with Gasteiger partial charge in [0.15, 0.2) is 6.10 Å². The zero-order chi connectivity index (χ0) is 17.4. The first-order valence-corrected chi connectivity index (χ1v) is 8.20. The quantitative estimate of drug-likeness (QED) is 0.792. The average molecular weight is 325 g/mol. The number of hydrogen-bond donors (Lipinski definition) is 1. The summed E-state index contributed by atoms with van der Waals surface area (Å²) in [7, 11) is 0. The highest BCUT2D eigenvalue weighted by Crippen LogP contribution is 2.18. The number of nitrogens with one attached hydrogen (secondary N) is 1. The lowest BCUT2D eigenvalue weighted by Crippen LogP contribution is -2.38. The molecule has 0 saturated heterocycles. The fourth-order valence-corrected chi connectivity index (χ4v) is 2.45. The molecular formula is C20H23NO3. The van der Waals surface area contributed by atoms with E-state index in [-0.39, 0.29) is 11.8 Å². The second-order valence-corrected chi connectivity index (χ2v) is 5.67. The molecule has 1 N–H and O–H groups in total. The van der Waals surface area contributed by atoms with E-state index in [9.17, 15) is 9.59 Å². The van der Waals surface area contributed by atoms with Gasteiger partial charge >= 0.3 is 5.97 Å². The van der Waals surface area contributed by atoms with Crippen LogP contribution in [0, 0.1) is 0 Å². The van der Waals surface area contributed by atoms with E-state index in [1.165, 1.54) is 5.56 Å². The summed E-state index contributed by atoms with van der Waals surface area (Å²) in [6.45, 7) is 4.19. The van der Waals surface area contributed by atoms with Crippen molar-refractivity contribution in [3.63, 3.8) is 0 Å². The lowest BCUT2D eigenvalue weighted by Gasteiger charge is -2.18. The van der Waals surface area contributed by atoms with Crippen LogP contribution in [0.5, 0.6) is 0 Å². The van der Waals surface area contributed by atoms with Crippen LogP contribution >= 0.6 is 0 Å². The summed E-state index contributed by atoms with van der Waals surface area (Å²) in [5, 5.41) is 2.87. The van der Waals surface area contributed by atoms with E-state index < -0.39 is 12.1 Å². The molecule has 4 heteroatoms. The minimum absolute atomic E-state index is 0.243. The van der Waals surface area contributed by atoms with Gasteiger partial charge in [0.05, 0.1) is 5.56 Å². The average Bonchev–Trinajstić information content (AvgIpc) is 2.63. The highest BCUT2D eigenvalue weighted by molar-refractivity contribution is 5.92. The van der Waals surface area contributed by atoms with E-state index in [0.29, 0.717) is 12.1 Å². The second-order valence-electron chi connectivity index (χ2n) is 5.67. The molecule has 0 saturated carbocycles. The van der Waals surface area contributed by atoms with Gasteiger partial charge in [-0.3, -0.25) is 4.79 Å². The zero-order valence-electron chi connectivity index (χ0n) is 14.1. The van der Waals surface area contributed by atoms with Crippen molar-refractivity contribution in [2.75, 3.05) is 6.54 Å². The molecule has 0 radical (unpaired) electrons. The lowest BCUT2D eigenvalue weighted by molar-refractivity contribution is -0.129. The zero-order valence-corrected chi connectivity index (χ0v) is 14.1. The van der Waals surface area contributed by atoms with Crippen molar-refractivity contribution in [1.29, 1.82) is 0 Å². The van der Waals surface area contributed by atoms with Crippen molar-refractivity contribution in [2.24, 2.45) is 0 Å². The molecule has 2 atom stereocenters. The smallest absolute Gasteiger partial charge is 0.338 e. The van der Waals surface area contributed by atoms with E-state index >= 15 is 0 Å².